The Morgan fingerprint density at radius 3 is 2.78 bits per heavy atom. The van der Waals surface area contributed by atoms with E-state index in [-0.39, 0.29) is 17.9 Å². The van der Waals surface area contributed by atoms with Gasteiger partial charge in [-0.25, -0.2) is 0 Å². The van der Waals surface area contributed by atoms with Crippen LogP contribution in [0.25, 0.3) is 0 Å². The minimum atomic E-state index is 0.0511. The smallest absolute Gasteiger partial charge is 0.224 e. The minimum absolute atomic E-state index is 0.0511. The average molecular weight is 248 g/mol. The van der Waals surface area contributed by atoms with E-state index in [1.165, 1.54) is 5.56 Å². The molecule has 4 heteroatoms. The second-order valence-electron chi connectivity index (χ2n) is 4.69. The second kappa shape index (κ2) is 6.52. The third kappa shape index (κ3) is 4.13. The van der Waals surface area contributed by atoms with Gasteiger partial charge in [-0.05, 0) is 18.4 Å². The van der Waals surface area contributed by atoms with Crippen LogP contribution in [0.4, 0.5) is 0 Å². The van der Waals surface area contributed by atoms with Crippen LogP contribution in [0.5, 0.6) is 0 Å². The van der Waals surface area contributed by atoms with E-state index in [9.17, 15) is 4.79 Å². The molecule has 4 nitrogen and oxygen atoms in total. The van der Waals surface area contributed by atoms with Crippen LogP contribution in [0.2, 0.25) is 0 Å². The van der Waals surface area contributed by atoms with Crippen LogP contribution in [0.15, 0.2) is 30.3 Å². The number of carbonyl (C=O) groups is 1. The Morgan fingerprint density at radius 2 is 2.11 bits per heavy atom. The maximum atomic E-state index is 11.4. The fourth-order valence-corrected chi connectivity index (χ4v) is 1.80. The van der Waals surface area contributed by atoms with Crippen molar-refractivity contribution in [1.29, 1.82) is 0 Å². The van der Waals surface area contributed by atoms with Crippen molar-refractivity contribution in [2.24, 2.45) is 11.7 Å². The van der Waals surface area contributed by atoms with E-state index in [0.717, 1.165) is 12.8 Å². The van der Waals surface area contributed by atoms with Gasteiger partial charge in [-0.2, -0.15) is 0 Å². The van der Waals surface area contributed by atoms with Crippen LogP contribution in [-0.2, 0) is 16.1 Å². The van der Waals surface area contributed by atoms with Crippen molar-refractivity contribution in [2.75, 3.05) is 13.2 Å². The molecule has 1 fully saturated rings. The molecule has 2 rings (SSSR count). The molecule has 0 bridgehead atoms. The van der Waals surface area contributed by atoms with Gasteiger partial charge in [0.15, 0.2) is 0 Å². The third-order valence-electron chi connectivity index (χ3n) is 3.05. The van der Waals surface area contributed by atoms with Crippen molar-refractivity contribution < 1.29 is 9.53 Å². The Morgan fingerprint density at radius 1 is 1.39 bits per heavy atom. The highest BCUT2D eigenvalue weighted by Gasteiger charge is 2.39. The van der Waals surface area contributed by atoms with Gasteiger partial charge in [0.25, 0.3) is 0 Å². The van der Waals surface area contributed by atoms with Crippen LogP contribution in [0.1, 0.15) is 18.4 Å². The zero-order valence-electron chi connectivity index (χ0n) is 10.5. The van der Waals surface area contributed by atoms with E-state index in [1.54, 1.807) is 0 Å². The quantitative estimate of drug-likeness (QED) is 0.709. The summed E-state index contributed by atoms with van der Waals surface area (Å²) in [6.07, 6.45) is 1.66. The molecule has 0 aliphatic heterocycles. The summed E-state index contributed by atoms with van der Waals surface area (Å²) in [6.45, 7) is 1.95. The number of amides is 1. The minimum Gasteiger partial charge on any atom is -0.377 e. The monoisotopic (exact) mass is 248 g/mol. The van der Waals surface area contributed by atoms with Crippen molar-refractivity contribution in [2.45, 2.75) is 25.5 Å². The number of carbonyl (C=O) groups excluding carboxylic acids is 1. The molecule has 3 N–H and O–H groups in total. The molecule has 1 aromatic carbocycles. The number of ether oxygens (including phenoxy) is 1. The first-order chi connectivity index (χ1) is 8.77. The number of rotatable bonds is 7. The van der Waals surface area contributed by atoms with E-state index in [1.807, 2.05) is 30.3 Å². The lowest BCUT2D eigenvalue weighted by molar-refractivity contribution is -0.122. The predicted octanol–water partition coefficient (Wildman–Crippen LogP) is 1.06. The molecule has 1 aliphatic carbocycles. The Labute approximate surface area is 108 Å². The fraction of sp³-hybridized carbons (Fsp3) is 0.500. The maximum Gasteiger partial charge on any atom is 0.224 e. The lowest BCUT2D eigenvalue weighted by atomic mass is 10.2. The van der Waals surface area contributed by atoms with Gasteiger partial charge in [0.2, 0.25) is 5.91 Å². The lowest BCUT2D eigenvalue weighted by Crippen LogP contribution is -2.28. The summed E-state index contributed by atoms with van der Waals surface area (Å²) in [5, 5.41) is 2.87. The van der Waals surface area contributed by atoms with Crippen LogP contribution in [-0.4, -0.2) is 25.1 Å². The molecule has 2 atom stereocenters. The molecule has 1 aromatic rings. The molecule has 1 aliphatic rings. The van der Waals surface area contributed by atoms with Crippen LogP contribution in [0.3, 0.4) is 0 Å². The van der Waals surface area contributed by atoms with Gasteiger partial charge in [0.1, 0.15) is 0 Å². The summed E-state index contributed by atoms with van der Waals surface area (Å²) in [4.78, 5) is 11.4. The van der Waals surface area contributed by atoms with E-state index >= 15 is 0 Å². The zero-order valence-corrected chi connectivity index (χ0v) is 10.5. The highest BCUT2D eigenvalue weighted by atomic mass is 16.5. The fourth-order valence-electron chi connectivity index (χ4n) is 1.80. The first-order valence-electron chi connectivity index (χ1n) is 6.42. The molecule has 18 heavy (non-hydrogen) atoms. The number of nitrogens with one attached hydrogen (secondary N) is 1. The van der Waals surface area contributed by atoms with Gasteiger partial charge < -0.3 is 15.8 Å². The van der Waals surface area contributed by atoms with Gasteiger partial charge in [0, 0.05) is 19.2 Å². The van der Waals surface area contributed by atoms with Gasteiger partial charge in [-0.3, -0.25) is 4.79 Å². The number of benzene rings is 1. The first-order valence-corrected chi connectivity index (χ1v) is 6.42. The van der Waals surface area contributed by atoms with Crippen LogP contribution < -0.4 is 11.1 Å². The van der Waals surface area contributed by atoms with E-state index in [0.29, 0.717) is 19.8 Å². The SMILES string of the molecule is NC1CC1C(=O)NCCCOCc1ccccc1. The molecule has 1 amide bonds. The zero-order chi connectivity index (χ0) is 12.8. The molecule has 0 spiro atoms. The molecule has 0 heterocycles. The summed E-state index contributed by atoms with van der Waals surface area (Å²) in [7, 11) is 0. The van der Waals surface area contributed by atoms with Crippen molar-refractivity contribution in [1.82, 2.24) is 5.32 Å². The highest BCUT2D eigenvalue weighted by molar-refractivity contribution is 5.82. The average Bonchev–Trinajstić information content (AvgIpc) is 3.12. The Hall–Kier alpha value is -1.39. The molecule has 0 radical (unpaired) electrons. The van der Waals surface area contributed by atoms with Crippen molar-refractivity contribution in [3.8, 4) is 0 Å². The van der Waals surface area contributed by atoms with E-state index in [2.05, 4.69) is 5.32 Å². The van der Waals surface area contributed by atoms with Crippen molar-refractivity contribution in [3.63, 3.8) is 0 Å². The maximum absolute atomic E-state index is 11.4. The molecule has 0 saturated heterocycles. The molecular weight excluding hydrogens is 228 g/mol. The van der Waals surface area contributed by atoms with Crippen LogP contribution in [0, 0.1) is 5.92 Å². The van der Waals surface area contributed by atoms with Crippen molar-refractivity contribution >= 4 is 5.91 Å². The summed E-state index contributed by atoms with van der Waals surface area (Å²) >= 11 is 0. The predicted molar refractivity (Wildman–Crippen MR) is 69.8 cm³/mol. The topological polar surface area (TPSA) is 64.4 Å². The molecule has 1 saturated carbocycles. The number of hydrogen-bond donors (Lipinski definition) is 2. The highest BCUT2D eigenvalue weighted by Crippen LogP contribution is 2.27. The van der Waals surface area contributed by atoms with Gasteiger partial charge in [-0.1, -0.05) is 30.3 Å². The van der Waals surface area contributed by atoms with Gasteiger partial charge in [-0.15, -0.1) is 0 Å². The third-order valence-corrected chi connectivity index (χ3v) is 3.05. The number of nitrogens with two attached hydrogens (primary N) is 1. The van der Waals surface area contributed by atoms with Gasteiger partial charge in [0.05, 0.1) is 12.5 Å². The lowest BCUT2D eigenvalue weighted by Gasteiger charge is -2.06. The largest absolute Gasteiger partial charge is 0.377 e. The second-order valence-corrected chi connectivity index (χ2v) is 4.69. The number of hydrogen-bond acceptors (Lipinski definition) is 3. The summed E-state index contributed by atoms with van der Waals surface area (Å²) < 4.78 is 5.52. The molecule has 2 unspecified atom stereocenters. The Balaban J connectivity index is 1.48. The van der Waals surface area contributed by atoms with Crippen molar-refractivity contribution in [3.05, 3.63) is 35.9 Å². The van der Waals surface area contributed by atoms with E-state index in [4.69, 9.17) is 10.5 Å². The van der Waals surface area contributed by atoms with E-state index < -0.39 is 0 Å². The van der Waals surface area contributed by atoms with Crippen LogP contribution >= 0.6 is 0 Å². The summed E-state index contributed by atoms with van der Waals surface area (Å²) in [6, 6.07) is 10.1. The summed E-state index contributed by atoms with van der Waals surface area (Å²) in [5.41, 5.74) is 6.77. The first kappa shape index (κ1) is 13.1. The Bertz CT molecular complexity index is 381. The standard InChI is InChI=1S/C14H20N2O2/c15-13-9-12(13)14(17)16-7-4-8-18-10-11-5-2-1-3-6-11/h1-3,5-6,12-13H,4,7-10,15H2,(H,16,17). The van der Waals surface area contributed by atoms with Gasteiger partial charge >= 0.3 is 0 Å². The normalized spacial score (nSPS) is 21.6. The molecule has 0 aromatic heterocycles. The molecule has 98 valence electrons. The molecular formula is C14H20N2O2. The summed E-state index contributed by atoms with van der Waals surface area (Å²) in [5.74, 6) is 0.140. The Kier molecular flexibility index (Phi) is 4.73.